The maximum Gasteiger partial charge on any atom is 0.472 e. The van der Waals surface area contributed by atoms with Gasteiger partial charge in [0.2, 0.25) is 0 Å². The summed E-state index contributed by atoms with van der Waals surface area (Å²) in [4.78, 5) is 72.9. The van der Waals surface area contributed by atoms with E-state index in [1.165, 1.54) is 199 Å². The molecule has 17 nitrogen and oxygen atoms in total. The standard InChI is InChI=1S/C80H152O17P2/c1-7-10-12-14-16-18-19-20-21-29-34-40-46-52-58-64-79(84)96-75(68-90-77(82)62-56-50-44-36-17-15-13-11-8-2)70-94-98(86,87)92-66-74(81)67-93-99(88,89)95-71-76(69-91-78(83)63-57-51-45-39-33-28-24-22-26-31-37-42-48-54-60-72(4)5)97-80(85)65-59-53-47-41-35-30-25-23-27-32-38-43-49-55-61-73(6)9-3/h18-21,72-76,81H,7-17,22-71H2,1-6H3,(H,86,87)(H,88,89)/b19-18-,21-20-/t73?,74-,75+,76+/m0/s1. The van der Waals surface area contributed by atoms with Crippen molar-refractivity contribution in [1.29, 1.82) is 0 Å². The van der Waals surface area contributed by atoms with Crippen LogP contribution in [0.2, 0.25) is 0 Å². The van der Waals surface area contributed by atoms with E-state index in [2.05, 4.69) is 65.8 Å². The summed E-state index contributed by atoms with van der Waals surface area (Å²) in [5.74, 6) is -0.499. The molecule has 19 heteroatoms. The van der Waals surface area contributed by atoms with Crippen molar-refractivity contribution in [2.75, 3.05) is 39.6 Å². The van der Waals surface area contributed by atoms with Crippen molar-refractivity contribution < 1.29 is 80.2 Å². The summed E-state index contributed by atoms with van der Waals surface area (Å²) < 4.78 is 68.6. The van der Waals surface area contributed by atoms with E-state index in [0.717, 1.165) is 115 Å². The molecule has 0 spiro atoms. The van der Waals surface area contributed by atoms with Crippen LogP contribution in [0.1, 0.15) is 395 Å². The summed E-state index contributed by atoms with van der Waals surface area (Å²) in [7, 11) is -9.93. The zero-order valence-corrected chi connectivity index (χ0v) is 66.1. The molecule has 0 saturated heterocycles. The maximum absolute atomic E-state index is 13.1. The van der Waals surface area contributed by atoms with Gasteiger partial charge in [-0.25, -0.2) is 9.13 Å². The molecule has 99 heavy (non-hydrogen) atoms. The normalized spacial score (nSPS) is 14.4. The molecule has 3 unspecified atom stereocenters. The van der Waals surface area contributed by atoms with E-state index in [-0.39, 0.29) is 25.7 Å². The number of hydrogen-bond acceptors (Lipinski definition) is 15. The minimum Gasteiger partial charge on any atom is -0.462 e. The number of esters is 4. The number of carbonyl (C=O) groups is 4. The first kappa shape index (κ1) is 96.5. The third-order valence-electron chi connectivity index (χ3n) is 18.4. The Hall–Kier alpha value is -2.46. The molecule has 0 radical (unpaired) electrons. The topological polar surface area (TPSA) is 237 Å². The van der Waals surface area contributed by atoms with E-state index in [1.54, 1.807) is 0 Å². The Kier molecular flexibility index (Phi) is 69.4. The highest BCUT2D eigenvalue weighted by Crippen LogP contribution is 2.45. The minimum atomic E-state index is -4.97. The molecule has 0 heterocycles. The van der Waals surface area contributed by atoms with Crippen LogP contribution in [-0.2, 0) is 65.4 Å². The zero-order chi connectivity index (χ0) is 72.8. The van der Waals surface area contributed by atoms with E-state index in [4.69, 9.17) is 37.0 Å². The van der Waals surface area contributed by atoms with E-state index in [1.807, 2.05) is 0 Å². The third-order valence-corrected chi connectivity index (χ3v) is 20.3. The Morgan fingerprint density at radius 2 is 0.596 bits per heavy atom. The lowest BCUT2D eigenvalue weighted by molar-refractivity contribution is -0.161. The average molecular weight is 1450 g/mol. The molecule has 6 atom stereocenters. The molecule has 0 aromatic heterocycles. The van der Waals surface area contributed by atoms with Crippen LogP contribution in [0.4, 0.5) is 0 Å². The second-order valence-corrected chi connectivity index (χ2v) is 31.7. The van der Waals surface area contributed by atoms with Gasteiger partial charge in [-0.2, -0.15) is 0 Å². The molecular weight excluding hydrogens is 1290 g/mol. The van der Waals surface area contributed by atoms with Gasteiger partial charge >= 0.3 is 39.5 Å². The van der Waals surface area contributed by atoms with Crippen LogP contribution in [-0.4, -0.2) is 96.7 Å². The van der Waals surface area contributed by atoms with Gasteiger partial charge in [0.05, 0.1) is 26.4 Å². The number of aliphatic hydroxyl groups excluding tert-OH is 1. The van der Waals surface area contributed by atoms with Gasteiger partial charge in [0, 0.05) is 25.7 Å². The van der Waals surface area contributed by atoms with E-state index in [0.29, 0.717) is 25.7 Å². The van der Waals surface area contributed by atoms with Crippen molar-refractivity contribution in [1.82, 2.24) is 0 Å². The third kappa shape index (κ3) is 72.3. The smallest absolute Gasteiger partial charge is 0.462 e. The molecule has 0 rings (SSSR count). The van der Waals surface area contributed by atoms with Gasteiger partial charge in [-0.1, -0.05) is 342 Å². The van der Waals surface area contributed by atoms with Crippen LogP contribution >= 0.6 is 15.6 Å². The lowest BCUT2D eigenvalue weighted by atomic mass is 9.99. The van der Waals surface area contributed by atoms with Crippen LogP contribution in [0.25, 0.3) is 0 Å². The lowest BCUT2D eigenvalue weighted by Crippen LogP contribution is -2.30. The van der Waals surface area contributed by atoms with Crippen LogP contribution < -0.4 is 0 Å². The number of aliphatic hydroxyl groups is 1. The Labute approximate surface area is 605 Å². The highest BCUT2D eigenvalue weighted by molar-refractivity contribution is 7.47. The van der Waals surface area contributed by atoms with Crippen molar-refractivity contribution in [3.63, 3.8) is 0 Å². The Balaban J connectivity index is 5.26. The summed E-state index contributed by atoms with van der Waals surface area (Å²) in [6.45, 7) is 9.62. The molecular formula is C80H152O17P2. The SMILES string of the molecule is CCCCCC/C=C\C=C/CCCCCCCC(=O)O[C@H](COC(=O)CCCCCCCCCCC)COP(=O)(O)OC[C@H](O)COP(=O)(O)OC[C@@H](COC(=O)CCCCCCCCCCCCCCCCC(C)C)OC(=O)CCCCCCCCCCCCCCCCC(C)CC. The fourth-order valence-corrected chi connectivity index (χ4v) is 13.4. The van der Waals surface area contributed by atoms with Crippen LogP contribution in [0.3, 0.4) is 0 Å². The first-order valence-electron chi connectivity index (χ1n) is 40.8. The fraction of sp³-hybridized carbons (Fsp3) is 0.900. The van der Waals surface area contributed by atoms with Gasteiger partial charge < -0.3 is 33.8 Å². The van der Waals surface area contributed by atoms with Crippen LogP contribution in [0.15, 0.2) is 24.3 Å². The van der Waals surface area contributed by atoms with Gasteiger partial charge in [-0.05, 0) is 63.2 Å². The first-order chi connectivity index (χ1) is 47.9. The molecule has 0 saturated carbocycles. The second-order valence-electron chi connectivity index (χ2n) is 28.8. The summed E-state index contributed by atoms with van der Waals surface area (Å²) in [6, 6.07) is 0. The Morgan fingerprint density at radius 3 is 0.909 bits per heavy atom. The van der Waals surface area contributed by atoms with Gasteiger partial charge in [-0.15, -0.1) is 0 Å². The predicted octanol–water partition coefficient (Wildman–Crippen LogP) is 23.4. The number of unbranched alkanes of at least 4 members (excludes halogenated alkanes) is 43. The number of rotatable bonds is 77. The Bertz CT molecular complexity index is 2000. The van der Waals surface area contributed by atoms with Gasteiger partial charge in [-0.3, -0.25) is 37.3 Å². The Morgan fingerprint density at radius 1 is 0.333 bits per heavy atom. The predicted molar refractivity (Wildman–Crippen MR) is 404 cm³/mol. The quantitative estimate of drug-likeness (QED) is 0.0169. The maximum atomic E-state index is 13.1. The van der Waals surface area contributed by atoms with Gasteiger partial charge in [0.25, 0.3) is 0 Å². The number of phosphoric ester groups is 2. The van der Waals surface area contributed by atoms with Crippen LogP contribution in [0.5, 0.6) is 0 Å². The number of carbonyl (C=O) groups excluding carboxylic acids is 4. The largest absolute Gasteiger partial charge is 0.472 e. The van der Waals surface area contributed by atoms with E-state index in [9.17, 15) is 43.2 Å². The highest BCUT2D eigenvalue weighted by atomic mass is 31.2. The lowest BCUT2D eigenvalue weighted by Gasteiger charge is -2.21. The van der Waals surface area contributed by atoms with Gasteiger partial charge in [0.1, 0.15) is 19.3 Å². The highest BCUT2D eigenvalue weighted by Gasteiger charge is 2.30. The fourth-order valence-electron chi connectivity index (χ4n) is 11.8. The molecule has 3 N–H and O–H groups in total. The number of allylic oxidation sites excluding steroid dienone is 4. The number of ether oxygens (including phenoxy) is 4. The number of phosphoric acid groups is 2. The number of hydrogen-bond donors (Lipinski definition) is 3. The monoisotopic (exact) mass is 1450 g/mol. The zero-order valence-electron chi connectivity index (χ0n) is 64.3. The second kappa shape index (κ2) is 71.2. The molecule has 0 aromatic carbocycles. The van der Waals surface area contributed by atoms with Crippen LogP contribution in [0, 0.1) is 11.8 Å². The molecule has 0 aliphatic carbocycles. The minimum absolute atomic E-state index is 0.0851. The first-order valence-corrected chi connectivity index (χ1v) is 43.8. The summed E-state index contributed by atoms with van der Waals surface area (Å²) in [6.07, 6.45) is 63.1. The molecule has 0 bridgehead atoms. The van der Waals surface area contributed by atoms with Crippen molar-refractivity contribution >= 4 is 39.5 Å². The summed E-state index contributed by atoms with van der Waals surface area (Å²) in [5.41, 5.74) is 0. The van der Waals surface area contributed by atoms with E-state index < -0.39 is 97.5 Å². The molecule has 0 aromatic rings. The summed E-state index contributed by atoms with van der Waals surface area (Å²) in [5, 5.41) is 10.6. The summed E-state index contributed by atoms with van der Waals surface area (Å²) >= 11 is 0. The molecule has 0 fully saturated rings. The molecule has 0 amide bonds. The van der Waals surface area contributed by atoms with Crippen molar-refractivity contribution in [2.24, 2.45) is 11.8 Å². The molecule has 0 aliphatic rings. The van der Waals surface area contributed by atoms with Gasteiger partial charge in [0.15, 0.2) is 12.2 Å². The van der Waals surface area contributed by atoms with Crippen molar-refractivity contribution in [3.8, 4) is 0 Å². The van der Waals surface area contributed by atoms with Crippen molar-refractivity contribution in [3.05, 3.63) is 24.3 Å². The van der Waals surface area contributed by atoms with E-state index >= 15 is 0 Å². The van der Waals surface area contributed by atoms with Crippen molar-refractivity contribution in [2.45, 2.75) is 413 Å². The average Bonchev–Trinajstić information content (AvgIpc) is 1.01. The molecule has 0 aliphatic heterocycles. The molecule has 584 valence electrons.